The molecular weight excluding hydrogens is 276 g/mol. The van der Waals surface area contributed by atoms with Gasteiger partial charge in [-0.05, 0) is 44.2 Å². The Morgan fingerprint density at radius 2 is 1.91 bits per heavy atom. The third kappa shape index (κ3) is 4.58. The summed E-state index contributed by atoms with van der Waals surface area (Å²) in [6.07, 6.45) is 4.95. The molecule has 1 aliphatic rings. The van der Waals surface area contributed by atoms with Gasteiger partial charge in [0.15, 0.2) is 0 Å². The molecule has 4 nitrogen and oxygen atoms in total. The van der Waals surface area contributed by atoms with E-state index in [1.54, 1.807) is 6.92 Å². The second-order valence-electron chi connectivity index (χ2n) is 6.18. The molecule has 0 aromatic heterocycles. The molecule has 0 unspecified atom stereocenters. The van der Waals surface area contributed by atoms with Crippen LogP contribution in [0.1, 0.15) is 43.7 Å². The van der Waals surface area contributed by atoms with Crippen molar-refractivity contribution in [1.82, 2.24) is 10.6 Å². The summed E-state index contributed by atoms with van der Waals surface area (Å²) in [5, 5.41) is 5.73. The minimum absolute atomic E-state index is 0.0269. The van der Waals surface area contributed by atoms with Crippen LogP contribution in [0, 0.1) is 12.8 Å². The first kappa shape index (κ1) is 16.5. The minimum Gasteiger partial charge on any atom is -0.354 e. The Hall–Kier alpha value is -1.84. The van der Waals surface area contributed by atoms with Crippen LogP contribution >= 0.6 is 0 Å². The van der Waals surface area contributed by atoms with E-state index in [1.165, 1.54) is 11.1 Å². The van der Waals surface area contributed by atoms with Gasteiger partial charge < -0.3 is 10.6 Å². The number of nitrogens with one attached hydrogen (secondary N) is 2. The second-order valence-corrected chi connectivity index (χ2v) is 6.18. The van der Waals surface area contributed by atoms with Crippen molar-refractivity contribution in [3.8, 4) is 0 Å². The molecule has 1 fully saturated rings. The number of carbonyl (C=O) groups is 2. The molecule has 22 heavy (non-hydrogen) atoms. The van der Waals surface area contributed by atoms with Crippen LogP contribution in [0.5, 0.6) is 0 Å². The summed E-state index contributed by atoms with van der Waals surface area (Å²) in [6.45, 7) is 4.41. The van der Waals surface area contributed by atoms with Crippen molar-refractivity contribution in [3.05, 3.63) is 35.4 Å². The maximum atomic E-state index is 12.0. The van der Waals surface area contributed by atoms with Crippen LogP contribution in [0.15, 0.2) is 24.3 Å². The van der Waals surface area contributed by atoms with E-state index in [2.05, 4.69) is 29.7 Å². The lowest BCUT2D eigenvalue weighted by atomic mass is 10.1. The molecule has 0 spiro atoms. The summed E-state index contributed by atoms with van der Waals surface area (Å²) in [6, 6.07) is 7.70. The molecule has 2 amide bonds. The van der Waals surface area contributed by atoms with Gasteiger partial charge >= 0.3 is 0 Å². The number of amides is 2. The van der Waals surface area contributed by atoms with Crippen molar-refractivity contribution in [2.45, 2.75) is 52.0 Å². The molecule has 0 heterocycles. The molecule has 120 valence electrons. The zero-order valence-electron chi connectivity index (χ0n) is 13.5. The molecule has 0 aliphatic heterocycles. The summed E-state index contributed by atoms with van der Waals surface area (Å²) in [5.41, 5.74) is 2.48. The van der Waals surface area contributed by atoms with Crippen LogP contribution in [-0.4, -0.2) is 24.4 Å². The Bertz CT molecular complexity index is 522. The van der Waals surface area contributed by atoms with Gasteiger partial charge in [-0.3, -0.25) is 9.59 Å². The Kier molecular flexibility index (Phi) is 5.99. The van der Waals surface area contributed by atoms with E-state index >= 15 is 0 Å². The number of aryl methyl sites for hydroxylation is 1. The van der Waals surface area contributed by atoms with Crippen molar-refractivity contribution in [3.63, 3.8) is 0 Å². The molecule has 0 saturated heterocycles. The van der Waals surface area contributed by atoms with E-state index in [4.69, 9.17) is 0 Å². The van der Waals surface area contributed by atoms with Gasteiger partial charge in [0.2, 0.25) is 11.8 Å². The third-order valence-electron chi connectivity index (χ3n) is 4.43. The van der Waals surface area contributed by atoms with Crippen molar-refractivity contribution >= 4 is 11.8 Å². The lowest BCUT2D eigenvalue weighted by molar-refractivity contribution is -0.130. The van der Waals surface area contributed by atoms with Crippen LogP contribution in [0.4, 0.5) is 0 Å². The Morgan fingerprint density at radius 1 is 1.23 bits per heavy atom. The lowest BCUT2D eigenvalue weighted by Gasteiger charge is -2.17. The molecule has 4 heteroatoms. The molecule has 0 radical (unpaired) electrons. The topological polar surface area (TPSA) is 58.2 Å². The molecule has 2 rings (SSSR count). The summed E-state index contributed by atoms with van der Waals surface area (Å²) in [7, 11) is 0. The highest BCUT2D eigenvalue weighted by atomic mass is 16.2. The lowest BCUT2D eigenvalue weighted by Crippen LogP contribution is -2.46. The van der Waals surface area contributed by atoms with Gasteiger partial charge in [0, 0.05) is 12.5 Å². The molecule has 1 aromatic carbocycles. The van der Waals surface area contributed by atoms with E-state index in [9.17, 15) is 9.59 Å². The standard InChI is InChI=1S/C18H26N2O2/c1-13-7-3-4-8-15(13)11-12-19-17(21)14(2)20-18(22)16-9-5-6-10-16/h3-4,7-8,14,16H,5-6,9-12H2,1-2H3,(H,19,21)(H,20,22)/t14-/m1/s1. The van der Waals surface area contributed by atoms with Gasteiger partial charge in [-0.25, -0.2) is 0 Å². The van der Waals surface area contributed by atoms with E-state index in [1.807, 2.05) is 12.1 Å². The average Bonchev–Trinajstić information content (AvgIpc) is 3.03. The number of rotatable bonds is 6. The summed E-state index contributed by atoms with van der Waals surface area (Å²) in [5.74, 6) is 0.0150. The van der Waals surface area contributed by atoms with Gasteiger partial charge in [-0.2, -0.15) is 0 Å². The van der Waals surface area contributed by atoms with Gasteiger partial charge in [0.25, 0.3) is 0 Å². The smallest absolute Gasteiger partial charge is 0.242 e. The number of carbonyl (C=O) groups excluding carboxylic acids is 2. The van der Waals surface area contributed by atoms with Gasteiger partial charge in [-0.15, -0.1) is 0 Å². The van der Waals surface area contributed by atoms with Gasteiger partial charge in [0.1, 0.15) is 6.04 Å². The molecule has 1 saturated carbocycles. The van der Waals surface area contributed by atoms with E-state index in [0.717, 1.165) is 32.1 Å². The molecular formula is C18H26N2O2. The first-order chi connectivity index (χ1) is 10.6. The van der Waals surface area contributed by atoms with Gasteiger partial charge in [-0.1, -0.05) is 37.1 Å². The van der Waals surface area contributed by atoms with Crippen molar-refractivity contribution in [1.29, 1.82) is 0 Å². The first-order valence-corrected chi connectivity index (χ1v) is 8.20. The van der Waals surface area contributed by atoms with Crippen molar-refractivity contribution in [2.24, 2.45) is 5.92 Å². The fourth-order valence-electron chi connectivity index (χ4n) is 2.95. The van der Waals surface area contributed by atoms with E-state index < -0.39 is 6.04 Å². The van der Waals surface area contributed by atoms with Crippen LogP contribution in [0.3, 0.4) is 0 Å². The van der Waals surface area contributed by atoms with Crippen LogP contribution in [0.25, 0.3) is 0 Å². The van der Waals surface area contributed by atoms with Crippen molar-refractivity contribution in [2.75, 3.05) is 6.54 Å². The normalized spacial score (nSPS) is 16.3. The predicted octanol–water partition coefficient (Wildman–Crippen LogP) is 2.35. The quantitative estimate of drug-likeness (QED) is 0.847. The summed E-state index contributed by atoms with van der Waals surface area (Å²) in [4.78, 5) is 24.1. The number of benzene rings is 1. The molecule has 1 atom stereocenters. The first-order valence-electron chi connectivity index (χ1n) is 8.20. The Balaban J connectivity index is 1.72. The molecule has 1 aliphatic carbocycles. The fourth-order valence-corrected chi connectivity index (χ4v) is 2.95. The summed E-state index contributed by atoms with van der Waals surface area (Å²) >= 11 is 0. The zero-order valence-corrected chi connectivity index (χ0v) is 13.5. The Labute approximate surface area is 132 Å². The molecule has 2 N–H and O–H groups in total. The minimum atomic E-state index is -0.468. The Morgan fingerprint density at radius 3 is 2.59 bits per heavy atom. The molecule has 1 aromatic rings. The highest BCUT2D eigenvalue weighted by molar-refractivity contribution is 5.88. The number of hydrogen-bond acceptors (Lipinski definition) is 2. The largest absolute Gasteiger partial charge is 0.354 e. The summed E-state index contributed by atoms with van der Waals surface area (Å²) < 4.78 is 0. The predicted molar refractivity (Wildman–Crippen MR) is 87.5 cm³/mol. The van der Waals surface area contributed by atoms with Crippen molar-refractivity contribution < 1.29 is 9.59 Å². The highest BCUT2D eigenvalue weighted by Crippen LogP contribution is 2.24. The van der Waals surface area contributed by atoms with Crippen LogP contribution in [-0.2, 0) is 16.0 Å². The van der Waals surface area contributed by atoms with Crippen LogP contribution in [0.2, 0.25) is 0 Å². The van der Waals surface area contributed by atoms with Crippen LogP contribution < -0.4 is 10.6 Å². The maximum Gasteiger partial charge on any atom is 0.242 e. The molecule has 0 bridgehead atoms. The van der Waals surface area contributed by atoms with E-state index in [0.29, 0.717) is 6.54 Å². The SMILES string of the molecule is Cc1ccccc1CCNC(=O)[C@@H](C)NC(=O)C1CCCC1. The van der Waals surface area contributed by atoms with E-state index in [-0.39, 0.29) is 17.7 Å². The zero-order chi connectivity index (χ0) is 15.9. The highest BCUT2D eigenvalue weighted by Gasteiger charge is 2.25. The monoisotopic (exact) mass is 302 g/mol. The van der Waals surface area contributed by atoms with Gasteiger partial charge in [0.05, 0.1) is 0 Å². The second kappa shape index (κ2) is 7.97. The third-order valence-corrected chi connectivity index (χ3v) is 4.43. The maximum absolute atomic E-state index is 12.0. The fraction of sp³-hybridized carbons (Fsp3) is 0.556. The number of hydrogen-bond donors (Lipinski definition) is 2. The average molecular weight is 302 g/mol.